The lowest BCUT2D eigenvalue weighted by atomic mass is 9.88. The molecular formula is C21H16FNO5S. The number of hydrogen-bond acceptors (Lipinski definition) is 5. The maximum absolute atomic E-state index is 13.4. The predicted molar refractivity (Wildman–Crippen MR) is 106 cm³/mol. The molecule has 0 bridgehead atoms. The minimum Gasteiger partial charge on any atom is -0.504 e. The molecule has 1 aliphatic heterocycles. The van der Waals surface area contributed by atoms with Crippen LogP contribution in [0, 0.1) is 5.82 Å². The monoisotopic (exact) mass is 413 g/mol. The molecule has 1 aliphatic rings. The van der Waals surface area contributed by atoms with E-state index < -0.39 is 17.7 Å². The molecule has 1 amide bonds. The molecule has 8 heteroatoms. The van der Waals surface area contributed by atoms with Gasteiger partial charge < -0.3 is 20.3 Å². The normalized spacial score (nSPS) is 15.5. The van der Waals surface area contributed by atoms with E-state index in [1.165, 1.54) is 37.4 Å². The lowest BCUT2D eigenvalue weighted by Gasteiger charge is -2.24. The van der Waals surface area contributed by atoms with Crippen molar-refractivity contribution in [2.75, 3.05) is 12.4 Å². The third kappa shape index (κ3) is 3.31. The Balaban J connectivity index is 1.90. The van der Waals surface area contributed by atoms with Gasteiger partial charge in [0.1, 0.15) is 10.7 Å². The van der Waals surface area contributed by atoms with Crippen LogP contribution >= 0.6 is 11.3 Å². The van der Waals surface area contributed by atoms with Crippen LogP contribution in [-0.2, 0) is 4.79 Å². The van der Waals surface area contributed by atoms with Gasteiger partial charge in [-0.25, -0.2) is 9.18 Å². The van der Waals surface area contributed by atoms with Crippen LogP contribution in [0.4, 0.5) is 10.1 Å². The molecule has 0 saturated heterocycles. The number of methoxy groups -OCH3 is 1. The van der Waals surface area contributed by atoms with Crippen molar-refractivity contribution in [3.63, 3.8) is 0 Å². The van der Waals surface area contributed by atoms with Gasteiger partial charge in [0.05, 0.1) is 12.8 Å². The highest BCUT2D eigenvalue weighted by atomic mass is 32.1. The number of anilines is 1. The number of ether oxygens (including phenoxy) is 1. The lowest BCUT2D eigenvalue weighted by Crippen LogP contribution is -2.22. The molecule has 4 rings (SSSR count). The molecule has 1 atom stereocenters. The molecule has 2 heterocycles. The van der Waals surface area contributed by atoms with E-state index in [1.807, 2.05) is 0 Å². The van der Waals surface area contributed by atoms with Gasteiger partial charge in [-0.05, 0) is 35.4 Å². The van der Waals surface area contributed by atoms with E-state index >= 15 is 0 Å². The van der Waals surface area contributed by atoms with Crippen LogP contribution in [0.5, 0.6) is 11.5 Å². The lowest BCUT2D eigenvalue weighted by molar-refractivity contribution is -0.116. The van der Waals surface area contributed by atoms with E-state index in [0.717, 1.165) is 11.3 Å². The third-order valence-electron chi connectivity index (χ3n) is 4.84. The van der Waals surface area contributed by atoms with Crippen molar-refractivity contribution in [3.05, 3.63) is 63.6 Å². The Morgan fingerprint density at radius 3 is 2.59 bits per heavy atom. The number of amides is 1. The smallest absolute Gasteiger partial charge is 0.346 e. The van der Waals surface area contributed by atoms with Crippen LogP contribution in [0.1, 0.15) is 32.5 Å². The summed E-state index contributed by atoms with van der Waals surface area (Å²) in [5.74, 6) is -2.02. The number of rotatable bonds is 4. The van der Waals surface area contributed by atoms with E-state index in [4.69, 9.17) is 4.74 Å². The van der Waals surface area contributed by atoms with Crippen molar-refractivity contribution in [1.82, 2.24) is 0 Å². The number of phenols is 1. The van der Waals surface area contributed by atoms with Crippen LogP contribution in [0.25, 0.3) is 11.1 Å². The molecule has 6 nitrogen and oxygen atoms in total. The number of benzene rings is 2. The molecule has 148 valence electrons. The van der Waals surface area contributed by atoms with Gasteiger partial charge >= 0.3 is 5.97 Å². The molecule has 3 aromatic rings. The minimum absolute atomic E-state index is 0.0616. The second kappa shape index (κ2) is 7.21. The topological polar surface area (TPSA) is 95.9 Å². The summed E-state index contributed by atoms with van der Waals surface area (Å²) in [5.41, 5.74) is 1.94. The third-order valence-corrected chi connectivity index (χ3v) is 6.13. The molecule has 0 unspecified atom stereocenters. The van der Waals surface area contributed by atoms with E-state index in [-0.39, 0.29) is 23.0 Å². The number of thiophene rings is 1. The largest absolute Gasteiger partial charge is 0.504 e. The first-order valence-electron chi connectivity index (χ1n) is 8.71. The first-order chi connectivity index (χ1) is 13.9. The molecular weight excluding hydrogens is 397 g/mol. The molecule has 2 aromatic carbocycles. The molecule has 29 heavy (non-hydrogen) atoms. The molecule has 0 aliphatic carbocycles. The molecule has 0 radical (unpaired) electrons. The first-order valence-corrected chi connectivity index (χ1v) is 9.53. The van der Waals surface area contributed by atoms with Gasteiger partial charge in [-0.3, -0.25) is 4.79 Å². The fraction of sp³-hybridized carbons (Fsp3) is 0.143. The summed E-state index contributed by atoms with van der Waals surface area (Å²) in [4.78, 5) is 25.1. The van der Waals surface area contributed by atoms with Gasteiger partial charge in [0.15, 0.2) is 11.5 Å². The van der Waals surface area contributed by atoms with E-state index in [2.05, 4.69) is 5.32 Å². The van der Waals surface area contributed by atoms with Gasteiger partial charge in [0, 0.05) is 22.8 Å². The Morgan fingerprint density at radius 2 is 1.97 bits per heavy atom. The zero-order valence-electron chi connectivity index (χ0n) is 15.2. The van der Waals surface area contributed by atoms with Gasteiger partial charge in [-0.15, -0.1) is 11.3 Å². The molecule has 0 saturated carbocycles. The average molecular weight is 413 g/mol. The molecule has 3 N–H and O–H groups in total. The quantitative estimate of drug-likeness (QED) is 0.588. The van der Waals surface area contributed by atoms with Crippen molar-refractivity contribution >= 4 is 28.9 Å². The Kier molecular flexibility index (Phi) is 4.71. The number of fused-ring (bicyclic) bond motifs is 1. The van der Waals surface area contributed by atoms with E-state index in [9.17, 15) is 24.2 Å². The SMILES string of the molecule is COc1ccc([C@H]2CC(=O)Nc3c2sc(C(=O)O)c3-c2ccc(F)cc2)cc1O. The Hall–Kier alpha value is -3.39. The highest BCUT2D eigenvalue weighted by molar-refractivity contribution is 7.15. The number of carbonyl (C=O) groups is 2. The summed E-state index contributed by atoms with van der Waals surface area (Å²) in [5, 5.41) is 22.7. The zero-order valence-corrected chi connectivity index (χ0v) is 16.0. The Labute approximate surface area is 169 Å². The maximum atomic E-state index is 13.4. The van der Waals surface area contributed by atoms with Gasteiger partial charge in [0.2, 0.25) is 5.91 Å². The van der Waals surface area contributed by atoms with Crippen LogP contribution in [0.15, 0.2) is 42.5 Å². The number of aromatic carboxylic acids is 1. The van der Waals surface area contributed by atoms with Crippen LogP contribution in [0.2, 0.25) is 0 Å². The number of aromatic hydroxyl groups is 1. The summed E-state index contributed by atoms with van der Waals surface area (Å²) in [6, 6.07) is 10.3. The van der Waals surface area contributed by atoms with Crippen molar-refractivity contribution in [3.8, 4) is 22.6 Å². The minimum atomic E-state index is -1.13. The zero-order chi connectivity index (χ0) is 20.7. The molecule has 1 aromatic heterocycles. The van der Waals surface area contributed by atoms with Crippen LogP contribution in [0.3, 0.4) is 0 Å². The maximum Gasteiger partial charge on any atom is 0.346 e. The predicted octanol–water partition coefficient (Wildman–Crippen LogP) is 4.44. The summed E-state index contributed by atoms with van der Waals surface area (Å²) < 4.78 is 18.4. The molecule has 0 spiro atoms. The van der Waals surface area contributed by atoms with Gasteiger partial charge in [0.25, 0.3) is 0 Å². The number of nitrogens with one attached hydrogen (secondary N) is 1. The summed E-state index contributed by atoms with van der Waals surface area (Å²) in [7, 11) is 1.44. The fourth-order valence-corrected chi connectivity index (χ4v) is 4.77. The second-order valence-corrected chi connectivity index (χ2v) is 7.65. The summed E-state index contributed by atoms with van der Waals surface area (Å²) in [6.45, 7) is 0. The van der Waals surface area contributed by atoms with Crippen molar-refractivity contribution in [2.45, 2.75) is 12.3 Å². The number of phenolic OH excluding ortho intramolecular Hbond substituents is 1. The highest BCUT2D eigenvalue weighted by Gasteiger charge is 2.34. The summed E-state index contributed by atoms with van der Waals surface area (Å²) in [6.07, 6.45) is 0.112. The first kappa shape index (κ1) is 18.9. The fourth-order valence-electron chi connectivity index (χ4n) is 3.52. The van der Waals surface area contributed by atoms with Crippen molar-refractivity contribution < 1.29 is 28.9 Å². The van der Waals surface area contributed by atoms with Crippen molar-refractivity contribution in [2.24, 2.45) is 0 Å². The van der Waals surface area contributed by atoms with Gasteiger partial charge in [-0.2, -0.15) is 0 Å². The number of carboxylic acids is 1. The average Bonchev–Trinajstić information content (AvgIpc) is 3.07. The number of hydrogen-bond donors (Lipinski definition) is 3. The van der Waals surface area contributed by atoms with E-state index in [1.54, 1.807) is 12.1 Å². The number of carbonyl (C=O) groups excluding carboxylic acids is 1. The van der Waals surface area contributed by atoms with Gasteiger partial charge in [-0.1, -0.05) is 18.2 Å². The van der Waals surface area contributed by atoms with Crippen LogP contribution in [-0.4, -0.2) is 29.2 Å². The Bertz CT molecular complexity index is 1120. The standard InChI is InChI=1S/C21H16FNO5S/c1-28-15-7-4-11(8-14(15)24)13-9-16(25)23-18-17(10-2-5-12(22)6-3-10)20(21(26)27)29-19(13)18/h2-8,13,24H,9H2,1H3,(H,23,25)(H,26,27)/t13-/m1/s1. The van der Waals surface area contributed by atoms with E-state index in [0.29, 0.717) is 33.0 Å². The molecule has 0 fully saturated rings. The Morgan fingerprint density at radius 1 is 1.24 bits per heavy atom. The second-order valence-electron chi connectivity index (χ2n) is 6.59. The van der Waals surface area contributed by atoms with Crippen LogP contribution < -0.4 is 10.1 Å². The highest BCUT2D eigenvalue weighted by Crippen LogP contribution is 2.50. The number of halogens is 1. The summed E-state index contributed by atoms with van der Waals surface area (Å²) >= 11 is 1.07. The van der Waals surface area contributed by atoms with Crippen molar-refractivity contribution in [1.29, 1.82) is 0 Å². The number of carboxylic acid groups (broad SMARTS) is 1.